The number of nitrogens with zero attached hydrogens (tertiary/aromatic N) is 4. The molecule has 2 saturated heterocycles. The average Bonchev–Trinajstić information content (AvgIpc) is 1.19. The predicted octanol–water partition coefficient (Wildman–Crippen LogP) is 16.2. The summed E-state index contributed by atoms with van der Waals surface area (Å²) in [6, 6.07) is 96.3. The van der Waals surface area contributed by atoms with Crippen molar-refractivity contribution in [1.29, 1.82) is 0 Å². The Morgan fingerprint density at radius 3 is 1.47 bits per heavy atom. The fraction of sp³-hybridized carbons (Fsp3) is 0.154. The van der Waals surface area contributed by atoms with E-state index in [-0.39, 0.29) is 18.8 Å². The van der Waals surface area contributed by atoms with Crippen LogP contribution in [0.3, 0.4) is 0 Å². The maximum atomic E-state index is 2.93. The molecule has 2 aliphatic carbocycles. The third-order valence-electron chi connectivity index (χ3n) is 20.2. The van der Waals surface area contributed by atoms with Gasteiger partial charge in [0.2, 0.25) is 6.71 Å². The van der Waals surface area contributed by atoms with Crippen molar-refractivity contribution in [3.63, 3.8) is 0 Å². The minimum atomic E-state index is -0.0865. The molecule has 8 aliphatic rings. The van der Waals surface area contributed by atoms with Crippen LogP contribution in [0.4, 0.5) is 56.9 Å². The molecule has 0 amide bonds. The second-order valence-electron chi connectivity index (χ2n) is 26.0. The Bertz CT molecular complexity index is 4450. The summed E-state index contributed by atoms with van der Waals surface area (Å²) in [5.41, 5.74) is 29.0. The largest absolute Gasteiger partial charge is 0.365 e. The standard InChI is InChI=1S/C78H62B2N4S/c1-78(2,3)55-43-70-76-74(44-55)85-73-48-69-64(47-65(73)80(76)63-34-20-22-36-67(63)82(70)56-29-15-7-16-30-56)79-62-33-19-21-35-66(62)83(57-31-17-8-18-32-57)71-45-59(81-58-38-49-37-54(40-58)68(81)39-49)46-72(75(71)79)84(69)77-60(51-25-11-5-12-26-51)41-53(50-23-9-4-10-24-50)42-61(77)52-27-13-6-14-28-52/h4-36,41-49,54,58,68H,37-40H2,1-3H3. The van der Waals surface area contributed by atoms with Crippen LogP contribution in [0.1, 0.15) is 52.0 Å². The van der Waals surface area contributed by atoms with Gasteiger partial charge in [-0.1, -0.05) is 208 Å². The average molecular weight is 1110 g/mol. The van der Waals surface area contributed by atoms with E-state index >= 15 is 0 Å². The monoisotopic (exact) mass is 1110 g/mol. The van der Waals surface area contributed by atoms with Crippen molar-refractivity contribution in [2.24, 2.45) is 11.8 Å². The summed E-state index contributed by atoms with van der Waals surface area (Å²) in [4.78, 5) is 13.5. The van der Waals surface area contributed by atoms with E-state index in [0.29, 0.717) is 12.1 Å². The summed E-state index contributed by atoms with van der Waals surface area (Å²) in [5, 5.41) is 0. The fourth-order valence-corrected chi connectivity index (χ4v) is 18.0. The number of para-hydroxylation sites is 4. The van der Waals surface area contributed by atoms with Gasteiger partial charge in [0.1, 0.15) is 0 Å². The van der Waals surface area contributed by atoms with Gasteiger partial charge in [0.05, 0.1) is 5.69 Å². The third-order valence-corrected chi connectivity index (χ3v) is 21.4. The van der Waals surface area contributed by atoms with Crippen LogP contribution < -0.4 is 52.4 Å². The molecule has 0 N–H and O–H groups in total. The van der Waals surface area contributed by atoms with Gasteiger partial charge in [-0.05, 0) is 177 Å². The highest BCUT2D eigenvalue weighted by Gasteiger charge is 2.54. The van der Waals surface area contributed by atoms with E-state index in [1.165, 1.54) is 164 Å². The maximum Gasteiger partial charge on any atom is 0.252 e. The Labute approximate surface area is 504 Å². The van der Waals surface area contributed by atoms with Gasteiger partial charge >= 0.3 is 0 Å². The Morgan fingerprint density at radius 1 is 0.376 bits per heavy atom. The first-order chi connectivity index (χ1) is 41.8. The van der Waals surface area contributed by atoms with Crippen LogP contribution in [0.25, 0.3) is 33.4 Å². The molecular formula is C78H62B2N4S. The van der Waals surface area contributed by atoms with Gasteiger partial charge in [0.25, 0.3) is 6.71 Å². The molecule has 6 aliphatic heterocycles. The molecule has 4 nitrogen and oxygen atoms in total. The summed E-state index contributed by atoms with van der Waals surface area (Å²) < 4.78 is 0. The molecule has 0 radical (unpaired) electrons. The molecule has 11 aromatic carbocycles. The molecule has 6 heterocycles. The van der Waals surface area contributed by atoms with Crippen LogP contribution in [-0.4, -0.2) is 25.5 Å². The van der Waals surface area contributed by atoms with Crippen LogP contribution in [0.15, 0.2) is 259 Å². The third kappa shape index (κ3) is 7.51. The second kappa shape index (κ2) is 18.8. The Balaban J connectivity index is 0.980. The van der Waals surface area contributed by atoms with Crippen molar-refractivity contribution in [3.05, 3.63) is 254 Å². The van der Waals surface area contributed by atoms with Crippen LogP contribution in [0.2, 0.25) is 0 Å². The molecule has 4 fully saturated rings. The van der Waals surface area contributed by atoms with E-state index in [0.717, 1.165) is 11.8 Å². The van der Waals surface area contributed by atoms with Crippen molar-refractivity contribution < 1.29 is 0 Å². The fourth-order valence-electron chi connectivity index (χ4n) is 16.7. The summed E-state index contributed by atoms with van der Waals surface area (Å²) in [6.07, 6.45) is 5.24. The molecule has 4 bridgehead atoms. The van der Waals surface area contributed by atoms with E-state index in [4.69, 9.17) is 0 Å². The Kier molecular flexibility index (Phi) is 11.0. The molecule has 7 heteroatoms. The van der Waals surface area contributed by atoms with E-state index in [1.54, 1.807) is 0 Å². The highest BCUT2D eigenvalue weighted by Crippen LogP contribution is 2.58. The first-order valence-electron chi connectivity index (χ1n) is 30.8. The zero-order valence-corrected chi connectivity index (χ0v) is 49.0. The van der Waals surface area contributed by atoms with Crippen LogP contribution in [-0.2, 0) is 5.41 Å². The van der Waals surface area contributed by atoms with Crippen LogP contribution in [0.5, 0.6) is 0 Å². The van der Waals surface area contributed by atoms with Gasteiger partial charge in [-0.15, -0.1) is 0 Å². The lowest BCUT2D eigenvalue weighted by Gasteiger charge is -2.47. The van der Waals surface area contributed by atoms with E-state index in [9.17, 15) is 0 Å². The summed E-state index contributed by atoms with van der Waals surface area (Å²) in [7, 11) is 0. The highest BCUT2D eigenvalue weighted by atomic mass is 32.2. The van der Waals surface area contributed by atoms with Gasteiger partial charge < -0.3 is 19.6 Å². The number of piperidine rings is 1. The summed E-state index contributed by atoms with van der Waals surface area (Å²) in [6.45, 7) is 7.04. The van der Waals surface area contributed by atoms with Gasteiger partial charge in [-0.25, -0.2) is 0 Å². The van der Waals surface area contributed by atoms with Gasteiger partial charge in [-0.3, -0.25) is 0 Å². The second-order valence-corrected chi connectivity index (χ2v) is 27.1. The Hall–Kier alpha value is -8.90. The van der Waals surface area contributed by atoms with E-state index in [2.05, 4.69) is 289 Å². The zero-order valence-electron chi connectivity index (χ0n) is 48.2. The molecule has 11 aromatic rings. The minimum Gasteiger partial charge on any atom is -0.365 e. The summed E-state index contributed by atoms with van der Waals surface area (Å²) in [5.74, 6) is 1.59. The summed E-state index contributed by atoms with van der Waals surface area (Å²) >= 11 is 1.98. The lowest BCUT2D eigenvalue weighted by Crippen LogP contribution is -2.64. The first-order valence-corrected chi connectivity index (χ1v) is 31.6. The molecule has 19 rings (SSSR count). The lowest BCUT2D eigenvalue weighted by molar-refractivity contribution is 0.340. The van der Waals surface area contributed by atoms with Crippen molar-refractivity contribution in [3.8, 4) is 33.4 Å². The molecule has 4 unspecified atom stereocenters. The number of hydrogen-bond acceptors (Lipinski definition) is 5. The SMILES string of the molecule is CC(C)(C)c1cc2c3c(c1)N(c1ccccc1)c1ccccc1B3c1cc3c(cc1S2)N(c1c(-c2ccccc2)cc(-c2ccccc2)cc1-c1ccccc1)c1cc(N2C4CC5CC(C4)C2C5)cc2c1B3c1ccccc1N2c1ccccc1. The number of rotatable bonds is 7. The predicted molar refractivity (Wildman–Crippen MR) is 361 cm³/mol. The molecule has 85 heavy (non-hydrogen) atoms. The topological polar surface area (TPSA) is 13.0 Å². The van der Waals surface area contributed by atoms with Crippen molar-refractivity contribution in [2.75, 3.05) is 19.6 Å². The number of hydrogen-bond donors (Lipinski definition) is 0. The smallest absolute Gasteiger partial charge is 0.252 e. The number of benzene rings is 11. The zero-order chi connectivity index (χ0) is 56.2. The van der Waals surface area contributed by atoms with E-state index in [1.807, 2.05) is 11.8 Å². The van der Waals surface area contributed by atoms with Gasteiger partial charge in [-0.2, -0.15) is 0 Å². The molecular weight excluding hydrogens is 1050 g/mol. The quantitative estimate of drug-likeness (QED) is 0.147. The van der Waals surface area contributed by atoms with Crippen LogP contribution in [0, 0.1) is 11.8 Å². The highest BCUT2D eigenvalue weighted by molar-refractivity contribution is 8.00. The van der Waals surface area contributed by atoms with E-state index < -0.39 is 0 Å². The molecule has 0 aromatic heterocycles. The molecule has 406 valence electrons. The molecule has 0 spiro atoms. The Morgan fingerprint density at radius 2 is 0.894 bits per heavy atom. The molecule has 2 saturated carbocycles. The van der Waals surface area contributed by atoms with Gasteiger partial charge in [0, 0.05) is 84.2 Å². The molecule has 4 atom stereocenters. The van der Waals surface area contributed by atoms with Crippen molar-refractivity contribution >= 4 is 115 Å². The van der Waals surface area contributed by atoms with Crippen molar-refractivity contribution in [1.82, 2.24) is 0 Å². The van der Waals surface area contributed by atoms with Crippen LogP contribution >= 0.6 is 11.8 Å². The normalized spacial score (nSPS) is 18.9. The minimum absolute atomic E-state index is 0.00109. The number of anilines is 10. The first kappa shape index (κ1) is 49.5. The van der Waals surface area contributed by atoms with Crippen molar-refractivity contribution in [2.45, 2.75) is 73.7 Å². The maximum absolute atomic E-state index is 2.93. The number of fused-ring (bicyclic) bond motifs is 8. The van der Waals surface area contributed by atoms with Gasteiger partial charge in [0.15, 0.2) is 0 Å². The lowest BCUT2D eigenvalue weighted by atomic mass is 9.31.